The zero-order chi connectivity index (χ0) is 19.8. The van der Waals surface area contributed by atoms with E-state index in [0.717, 1.165) is 49.8 Å². The Labute approximate surface area is 162 Å². The maximum atomic E-state index is 12.9. The summed E-state index contributed by atoms with van der Waals surface area (Å²) in [4.78, 5) is 31.3. The molecule has 0 radical (unpaired) electrons. The third-order valence-corrected chi connectivity index (χ3v) is 5.21. The Balaban J connectivity index is 2.03. The number of ether oxygens (including phenoxy) is 1. The minimum absolute atomic E-state index is 0.000615. The molecule has 2 atom stereocenters. The van der Waals surface area contributed by atoms with Crippen molar-refractivity contribution in [2.24, 2.45) is 10.7 Å². The lowest BCUT2D eigenvalue weighted by Gasteiger charge is -2.39. The summed E-state index contributed by atoms with van der Waals surface area (Å²) >= 11 is 0. The average Bonchev–Trinajstić information content (AvgIpc) is 3.11. The summed E-state index contributed by atoms with van der Waals surface area (Å²) in [5.74, 6) is -0.00298. The number of hydrogen-bond acceptors (Lipinski definition) is 5. The lowest BCUT2D eigenvalue weighted by molar-refractivity contribution is -0.140. The van der Waals surface area contributed by atoms with Gasteiger partial charge in [-0.15, -0.1) is 6.58 Å². The summed E-state index contributed by atoms with van der Waals surface area (Å²) < 4.78 is 5.50. The fraction of sp³-hybridized carbons (Fsp3) is 0.667. The first-order valence-corrected chi connectivity index (χ1v) is 10.0. The Kier molecular flexibility index (Phi) is 8.23. The molecule has 2 rings (SSSR count). The molecule has 1 heterocycles. The second-order valence-electron chi connectivity index (χ2n) is 7.53. The number of aliphatic imine (C=N–C) groups is 1. The van der Waals surface area contributed by atoms with Gasteiger partial charge in [-0.1, -0.05) is 6.08 Å². The van der Waals surface area contributed by atoms with Crippen molar-refractivity contribution in [3.05, 3.63) is 23.9 Å². The summed E-state index contributed by atoms with van der Waals surface area (Å²) in [5, 5.41) is 0. The third kappa shape index (κ3) is 5.76. The average molecular weight is 376 g/mol. The molecule has 2 aliphatic rings. The van der Waals surface area contributed by atoms with Crippen LogP contribution in [0.5, 0.6) is 0 Å². The number of ketones is 1. The highest BCUT2D eigenvalue weighted by Gasteiger charge is 2.33. The van der Waals surface area contributed by atoms with Crippen LogP contribution < -0.4 is 5.73 Å². The van der Waals surface area contributed by atoms with Crippen LogP contribution in [-0.4, -0.2) is 54.1 Å². The van der Waals surface area contributed by atoms with Crippen LogP contribution in [0.3, 0.4) is 0 Å². The molecule has 6 heteroatoms. The summed E-state index contributed by atoms with van der Waals surface area (Å²) in [6, 6.07) is -0.00123. The molecule has 1 saturated carbocycles. The Hall–Kier alpha value is -1.95. The van der Waals surface area contributed by atoms with Crippen LogP contribution >= 0.6 is 0 Å². The summed E-state index contributed by atoms with van der Waals surface area (Å²) in [6.45, 7) is 8.87. The van der Waals surface area contributed by atoms with Crippen LogP contribution in [0.4, 0.5) is 0 Å². The number of carbonyl (C=O) groups excluding carboxylic acids is 2. The van der Waals surface area contributed by atoms with E-state index in [1.54, 1.807) is 0 Å². The molecular weight excluding hydrogens is 342 g/mol. The first kappa shape index (κ1) is 21.4. The van der Waals surface area contributed by atoms with Crippen molar-refractivity contribution in [3.63, 3.8) is 0 Å². The van der Waals surface area contributed by atoms with Crippen LogP contribution in [0.15, 0.2) is 28.9 Å². The Morgan fingerprint density at radius 1 is 1.26 bits per heavy atom. The zero-order valence-electron chi connectivity index (χ0n) is 16.7. The molecule has 27 heavy (non-hydrogen) atoms. The highest BCUT2D eigenvalue weighted by Crippen LogP contribution is 2.26. The molecule has 150 valence electrons. The highest BCUT2D eigenvalue weighted by molar-refractivity contribution is 6.09. The Bertz CT molecular complexity index is 614. The maximum Gasteiger partial charge on any atom is 0.270 e. The van der Waals surface area contributed by atoms with Gasteiger partial charge in [-0.3, -0.25) is 14.6 Å². The smallest absolute Gasteiger partial charge is 0.270 e. The Morgan fingerprint density at radius 3 is 2.63 bits per heavy atom. The topological polar surface area (TPSA) is 85.0 Å². The molecule has 0 spiro atoms. The summed E-state index contributed by atoms with van der Waals surface area (Å²) in [5.41, 5.74) is 8.20. The van der Waals surface area contributed by atoms with Gasteiger partial charge in [0.1, 0.15) is 5.70 Å². The number of nitrogens with two attached hydrogens (primary N) is 1. The number of allylic oxidation sites excluding steroid dienone is 2. The first-order chi connectivity index (χ1) is 13.0. The second kappa shape index (κ2) is 10.4. The normalized spacial score (nSPS) is 26.3. The number of unbranched alkanes of at least 4 members (excludes halogenated alkanes) is 2. The minimum atomic E-state index is -0.140. The van der Waals surface area contributed by atoms with E-state index in [1.807, 2.05) is 24.8 Å². The van der Waals surface area contributed by atoms with Crippen LogP contribution in [-0.2, 0) is 14.3 Å². The van der Waals surface area contributed by atoms with Gasteiger partial charge in [-0.2, -0.15) is 0 Å². The van der Waals surface area contributed by atoms with E-state index in [0.29, 0.717) is 19.6 Å². The predicted molar refractivity (Wildman–Crippen MR) is 108 cm³/mol. The SMILES string of the molecule is C=CCCCCC(=O)CN=C1CCC/C1=C(/N)C(=O)N1C(C)COC[C@@H]1C. The molecule has 2 N–H and O–H groups in total. The molecule has 1 saturated heterocycles. The fourth-order valence-electron chi connectivity index (χ4n) is 3.74. The minimum Gasteiger partial charge on any atom is -0.394 e. The van der Waals surface area contributed by atoms with Gasteiger partial charge in [0, 0.05) is 17.7 Å². The lowest BCUT2D eigenvalue weighted by Crippen LogP contribution is -2.53. The molecular formula is C21H33N3O3. The summed E-state index contributed by atoms with van der Waals surface area (Å²) in [7, 11) is 0. The standard InChI is InChI=1S/C21H33N3O3/c1-4-5-6-7-9-17(25)12-23-19-11-8-10-18(19)20(22)21(26)24-15(2)13-27-14-16(24)3/h4,15-16H,1,5-14,22H2,2-3H3/b20-18-,23-19?/t15-,16?/m0/s1. The highest BCUT2D eigenvalue weighted by atomic mass is 16.5. The molecule has 0 bridgehead atoms. The molecule has 1 aliphatic carbocycles. The van der Waals surface area contributed by atoms with Crippen molar-refractivity contribution < 1.29 is 14.3 Å². The largest absolute Gasteiger partial charge is 0.394 e. The molecule has 1 unspecified atom stereocenters. The molecule has 6 nitrogen and oxygen atoms in total. The Morgan fingerprint density at radius 2 is 1.96 bits per heavy atom. The van der Waals surface area contributed by atoms with Gasteiger partial charge < -0.3 is 15.4 Å². The van der Waals surface area contributed by atoms with E-state index in [4.69, 9.17) is 10.5 Å². The maximum absolute atomic E-state index is 12.9. The van der Waals surface area contributed by atoms with E-state index < -0.39 is 0 Å². The molecule has 2 fully saturated rings. The molecule has 0 aromatic rings. The van der Waals surface area contributed by atoms with E-state index >= 15 is 0 Å². The van der Waals surface area contributed by atoms with Gasteiger partial charge in [-0.25, -0.2) is 0 Å². The number of rotatable bonds is 8. The number of nitrogens with zero attached hydrogens (tertiary/aromatic N) is 2. The molecule has 0 aromatic heterocycles. The van der Waals surface area contributed by atoms with Crippen LogP contribution in [0.25, 0.3) is 0 Å². The first-order valence-electron chi connectivity index (χ1n) is 10.0. The van der Waals surface area contributed by atoms with Crippen molar-refractivity contribution in [1.29, 1.82) is 0 Å². The number of carbonyl (C=O) groups is 2. The van der Waals surface area contributed by atoms with E-state index in [-0.39, 0.29) is 36.0 Å². The fourth-order valence-corrected chi connectivity index (χ4v) is 3.74. The third-order valence-electron chi connectivity index (χ3n) is 5.21. The molecule has 1 aliphatic heterocycles. The van der Waals surface area contributed by atoms with Crippen molar-refractivity contribution in [1.82, 2.24) is 4.90 Å². The van der Waals surface area contributed by atoms with Crippen LogP contribution in [0.1, 0.15) is 58.8 Å². The van der Waals surface area contributed by atoms with Gasteiger partial charge >= 0.3 is 0 Å². The van der Waals surface area contributed by atoms with Crippen molar-refractivity contribution in [3.8, 4) is 0 Å². The molecule has 1 amide bonds. The van der Waals surface area contributed by atoms with Gasteiger partial charge in [0.25, 0.3) is 5.91 Å². The van der Waals surface area contributed by atoms with E-state index in [9.17, 15) is 9.59 Å². The van der Waals surface area contributed by atoms with Gasteiger partial charge in [-0.05, 0) is 52.4 Å². The predicted octanol–water partition coefficient (Wildman–Crippen LogP) is 2.78. The second-order valence-corrected chi connectivity index (χ2v) is 7.53. The van der Waals surface area contributed by atoms with Crippen molar-refractivity contribution in [2.75, 3.05) is 19.8 Å². The number of hydrogen-bond donors (Lipinski definition) is 1. The van der Waals surface area contributed by atoms with Gasteiger partial charge in [0.2, 0.25) is 0 Å². The molecule has 0 aromatic carbocycles. The van der Waals surface area contributed by atoms with Crippen molar-refractivity contribution >= 4 is 17.4 Å². The summed E-state index contributed by atoms with van der Waals surface area (Å²) in [6.07, 6.45) is 7.64. The van der Waals surface area contributed by atoms with Crippen LogP contribution in [0, 0.1) is 0 Å². The monoisotopic (exact) mass is 375 g/mol. The van der Waals surface area contributed by atoms with Gasteiger partial charge in [0.15, 0.2) is 5.78 Å². The number of Topliss-reactive ketones (excluding diaryl/α,β-unsaturated/α-hetero) is 1. The quantitative estimate of drug-likeness (QED) is 0.402. The number of amides is 1. The van der Waals surface area contributed by atoms with E-state index in [1.165, 1.54) is 0 Å². The van der Waals surface area contributed by atoms with Crippen LogP contribution in [0.2, 0.25) is 0 Å². The van der Waals surface area contributed by atoms with E-state index in [2.05, 4.69) is 11.6 Å². The zero-order valence-corrected chi connectivity index (χ0v) is 16.7. The lowest BCUT2D eigenvalue weighted by atomic mass is 10.1. The number of morpholine rings is 1. The van der Waals surface area contributed by atoms with Gasteiger partial charge in [0.05, 0.1) is 31.8 Å². The van der Waals surface area contributed by atoms with Crippen molar-refractivity contribution in [2.45, 2.75) is 70.9 Å².